The van der Waals surface area contributed by atoms with Crippen LogP contribution in [0.4, 0.5) is 9.93 Å². The van der Waals surface area contributed by atoms with Crippen molar-refractivity contribution in [3.05, 3.63) is 10.6 Å². The van der Waals surface area contributed by atoms with Crippen molar-refractivity contribution in [3.8, 4) is 0 Å². The zero-order chi connectivity index (χ0) is 10.8. The fourth-order valence-electron chi connectivity index (χ4n) is 1.59. The minimum absolute atomic E-state index is 0.255. The molecule has 0 spiro atoms. The molecule has 2 N–H and O–H groups in total. The molecule has 0 aromatic carbocycles. The molecule has 0 fully saturated rings. The van der Waals surface area contributed by atoms with Gasteiger partial charge in [-0.15, -0.1) is 11.3 Å². The Kier molecular flexibility index (Phi) is 2.77. The van der Waals surface area contributed by atoms with E-state index in [0.29, 0.717) is 24.8 Å². The van der Waals surface area contributed by atoms with Gasteiger partial charge in [-0.3, -0.25) is 0 Å². The van der Waals surface area contributed by atoms with Crippen LogP contribution >= 0.6 is 11.3 Å². The van der Waals surface area contributed by atoms with E-state index < -0.39 is 0 Å². The van der Waals surface area contributed by atoms with Crippen LogP contribution in [0.1, 0.15) is 17.5 Å². The van der Waals surface area contributed by atoms with Crippen LogP contribution in [-0.2, 0) is 17.7 Å². The fourth-order valence-corrected chi connectivity index (χ4v) is 2.48. The topological polar surface area (TPSA) is 68.5 Å². The molecule has 0 radical (unpaired) electrons. The maximum absolute atomic E-state index is 11.5. The molecule has 0 saturated heterocycles. The minimum atomic E-state index is -0.255. The van der Waals surface area contributed by atoms with Gasteiger partial charge in [0.2, 0.25) is 0 Å². The molecule has 0 aliphatic carbocycles. The molecule has 0 saturated carbocycles. The Labute approximate surface area is 91.9 Å². The summed E-state index contributed by atoms with van der Waals surface area (Å²) in [6.07, 6.45) is 0.511. The van der Waals surface area contributed by atoms with Crippen molar-refractivity contribution < 1.29 is 9.53 Å². The van der Waals surface area contributed by atoms with Crippen LogP contribution in [0.3, 0.4) is 0 Å². The number of amides is 1. The number of rotatable bonds is 1. The molecular formula is C9H13N3O2S. The quantitative estimate of drug-likeness (QED) is 0.783. The molecule has 1 aromatic heterocycles. The predicted octanol–water partition coefficient (Wildman–Crippen LogP) is 1.24. The van der Waals surface area contributed by atoms with Crippen LogP contribution in [0.2, 0.25) is 0 Å². The second-order valence-electron chi connectivity index (χ2n) is 3.29. The number of nitrogen functional groups attached to an aromatic ring is 1. The van der Waals surface area contributed by atoms with E-state index in [1.165, 1.54) is 11.3 Å². The van der Waals surface area contributed by atoms with Crippen LogP contribution in [0, 0.1) is 0 Å². The molecule has 1 aromatic rings. The van der Waals surface area contributed by atoms with Gasteiger partial charge in [-0.1, -0.05) is 0 Å². The van der Waals surface area contributed by atoms with Crippen molar-refractivity contribution in [1.29, 1.82) is 0 Å². The van der Waals surface area contributed by atoms with Gasteiger partial charge < -0.3 is 15.4 Å². The maximum atomic E-state index is 11.5. The van der Waals surface area contributed by atoms with Crippen LogP contribution in [0.5, 0.6) is 0 Å². The summed E-state index contributed by atoms with van der Waals surface area (Å²) in [7, 11) is 0. The number of thiazole rings is 1. The van der Waals surface area contributed by atoms with Gasteiger partial charge in [-0.25, -0.2) is 9.78 Å². The SMILES string of the molecule is CCOC(=O)N1CCc2nc(N)sc2C1. The van der Waals surface area contributed by atoms with Crippen molar-refractivity contribution in [1.82, 2.24) is 9.88 Å². The number of ether oxygens (including phenoxy) is 1. The number of carbonyl (C=O) groups is 1. The lowest BCUT2D eigenvalue weighted by atomic mass is 10.2. The number of anilines is 1. The summed E-state index contributed by atoms with van der Waals surface area (Å²) in [5.41, 5.74) is 6.64. The molecule has 0 unspecified atom stereocenters. The third-order valence-corrected chi connectivity index (χ3v) is 3.19. The summed E-state index contributed by atoms with van der Waals surface area (Å²) in [6.45, 7) is 3.45. The van der Waals surface area contributed by atoms with Gasteiger partial charge in [0.05, 0.1) is 18.8 Å². The number of nitrogens with two attached hydrogens (primary N) is 1. The average Bonchev–Trinajstić information content (AvgIpc) is 2.57. The zero-order valence-electron chi connectivity index (χ0n) is 8.52. The van der Waals surface area contributed by atoms with Crippen molar-refractivity contribution in [2.75, 3.05) is 18.9 Å². The monoisotopic (exact) mass is 227 g/mol. The van der Waals surface area contributed by atoms with E-state index in [2.05, 4.69) is 4.98 Å². The summed E-state index contributed by atoms with van der Waals surface area (Å²) in [5, 5.41) is 0.575. The number of carbonyl (C=O) groups excluding carboxylic acids is 1. The number of nitrogens with zero attached hydrogens (tertiary/aromatic N) is 2. The third-order valence-electron chi connectivity index (χ3n) is 2.27. The molecule has 6 heteroatoms. The van der Waals surface area contributed by atoms with Crippen LogP contribution in [0.15, 0.2) is 0 Å². The highest BCUT2D eigenvalue weighted by atomic mass is 32.1. The van der Waals surface area contributed by atoms with Gasteiger partial charge in [0, 0.05) is 17.8 Å². The molecule has 1 aliphatic rings. The maximum Gasteiger partial charge on any atom is 0.410 e. The number of hydrogen-bond acceptors (Lipinski definition) is 5. The van der Waals surface area contributed by atoms with Gasteiger partial charge in [0.25, 0.3) is 0 Å². The standard InChI is InChI=1S/C9H13N3O2S/c1-2-14-9(13)12-4-3-6-7(5-12)15-8(10)11-6/h2-5H2,1H3,(H2,10,11). The van der Waals surface area contributed by atoms with Crippen molar-refractivity contribution in [2.45, 2.75) is 19.9 Å². The minimum Gasteiger partial charge on any atom is -0.450 e. The molecule has 5 nitrogen and oxygen atoms in total. The van der Waals surface area contributed by atoms with Gasteiger partial charge in [-0.2, -0.15) is 0 Å². The van der Waals surface area contributed by atoms with Crippen LogP contribution in [-0.4, -0.2) is 29.1 Å². The van der Waals surface area contributed by atoms with E-state index in [9.17, 15) is 4.79 Å². The Bertz CT molecular complexity index is 377. The van der Waals surface area contributed by atoms with E-state index in [1.807, 2.05) is 0 Å². The summed E-state index contributed by atoms with van der Waals surface area (Å²) in [4.78, 5) is 18.4. The molecule has 2 heterocycles. The average molecular weight is 227 g/mol. The largest absolute Gasteiger partial charge is 0.450 e. The lowest BCUT2D eigenvalue weighted by Gasteiger charge is -2.24. The molecule has 1 aliphatic heterocycles. The second kappa shape index (κ2) is 4.06. The van der Waals surface area contributed by atoms with E-state index in [-0.39, 0.29) is 6.09 Å². The number of aromatic nitrogens is 1. The van der Waals surface area contributed by atoms with Crippen LogP contribution in [0.25, 0.3) is 0 Å². The Morgan fingerprint density at radius 3 is 3.27 bits per heavy atom. The molecule has 0 atom stereocenters. The number of fused-ring (bicyclic) bond motifs is 1. The molecule has 82 valence electrons. The van der Waals surface area contributed by atoms with E-state index in [1.54, 1.807) is 11.8 Å². The smallest absolute Gasteiger partial charge is 0.410 e. The molecule has 1 amide bonds. The van der Waals surface area contributed by atoms with E-state index >= 15 is 0 Å². The lowest BCUT2D eigenvalue weighted by Crippen LogP contribution is -2.35. The summed E-state index contributed by atoms with van der Waals surface area (Å²) in [5.74, 6) is 0. The zero-order valence-corrected chi connectivity index (χ0v) is 9.34. The first-order valence-electron chi connectivity index (χ1n) is 4.86. The van der Waals surface area contributed by atoms with Gasteiger partial charge in [-0.05, 0) is 6.92 Å². The first-order chi connectivity index (χ1) is 7.20. The van der Waals surface area contributed by atoms with Crippen molar-refractivity contribution in [3.63, 3.8) is 0 Å². The molecular weight excluding hydrogens is 214 g/mol. The van der Waals surface area contributed by atoms with Gasteiger partial charge >= 0.3 is 6.09 Å². The van der Waals surface area contributed by atoms with E-state index in [0.717, 1.165) is 17.0 Å². The molecule has 2 rings (SSSR count). The lowest BCUT2D eigenvalue weighted by molar-refractivity contribution is 0.103. The molecule has 0 bridgehead atoms. The van der Waals surface area contributed by atoms with Crippen molar-refractivity contribution in [2.24, 2.45) is 0 Å². The van der Waals surface area contributed by atoms with Gasteiger partial charge in [0.15, 0.2) is 5.13 Å². The summed E-state index contributed by atoms with van der Waals surface area (Å²) in [6, 6.07) is 0. The van der Waals surface area contributed by atoms with Crippen LogP contribution < -0.4 is 5.73 Å². The van der Waals surface area contributed by atoms with Crippen molar-refractivity contribution >= 4 is 22.6 Å². The predicted molar refractivity (Wildman–Crippen MR) is 57.7 cm³/mol. The highest BCUT2D eigenvalue weighted by molar-refractivity contribution is 7.15. The Hall–Kier alpha value is -1.30. The third kappa shape index (κ3) is 2.04. The highest BCUT2D eigenvalue weighted by Gasteiger charge is 2.24. The second-order valence-corrected chi connectivity index (χ2v) is 4.41. The first-order valence-corrected chi connectivity index (χ1v) is 5.68. The first kappa shape index (κ1) is 10.2. The Balaban J connectivity index is 2.08. The highest BCUT2D eigenvalue weighted by Crippen LogP contribution is 2.26. The normalized spacial score (nSPS) is 14.9. The van der Waals surface area contributed by atoms with Gasteiger partial charge in [0.1, 0.15) is 0 Å². The summed E-state index contributed by atoms with van der Waals surface area (Å²) < 4.78 is 4.94. The number of hydrogen-bond donors (Lipinski definition) is 1. The Morgan fingerprint density at radius 2 is 2.53 bits per heavy atom. The summed E-state index contributed by atoms with van der Waals surface area (Å²) >= 11 is 1.45. The fraction of sp³-hybridized carbons (Fsp3) is 0.556. The Morgan fingerprint density at radius 1 is 1.73 bits per heavy atom. The molecule has 15 heavy (non-hydrogen) atoms. The van der Waals surface area contributed by atoms with E-state index in [4.69, 9.17) is 10.5 Å².